The van der Waals surface area contributed by atoms with E-state index in [1.807, 2.05) is 24.1 Å². The molecule has 126 valence electrons. The average Bonchev–Trinajstić information content (AvgIpc) is 2.64. The molecular weight excluding hydrogens is 318 g/mol. The van der Waals surface area contributed by atoms with E-state index in [0.717, 1.165) is 36.8 Å². The zero-order valence-corrected chi connectivity index (χ0v) is 15.0. The van der Waals surface area contributed by atoms with Crippen molar-refractivity contribution >= 4 is 23.4 Å². The molecule has 0 N–H and O–H groups in total. The first-order chi connectivity index (χ1) is 11.6. The lowest BCUT2D eigenvalue weighted by Crippen LogP contribution is -2.50. The van der Waals surface area contributed by atoms with E-state index in [0.29, 0.717) is 0 Å². The lowest BCUT2D eigenvalue weighted by atomic mass is 10.2. The maximum Gasteiger partial charge on any atom is 0.235 e. The maximum absolute atomic E-state index is 12.7. The van der Waals surface area contributed by atoms with Gasteiger partial charge in [0.25, 0.3) is 0 Å². The van der Waals surface area contributed by atoms with Crippen molar-refractivity contribution in [3.63, 3.8) is 0 Å². The summed E-state index contributed by atoms with van der Waals surface area (Å²) in [7, 11) is 0. The Labute approximate surface area is 147 Å². The second-order valence-electron chi connectivity index (χ2n) is 6.10. The summed E-state index contributed by atoms with van der Waals surface area (Å²) in [6.45, 7) is 7.34. The highest BCUT2D eigenvalue weighted by atomic mass is 32.2. The van der Waals surface area contributed by atoms with E-state index in [4.69, 9.17) is 0 Å². The lowest BCUT2D eigenvalue weighted by Gasteiger charge is -2.36. The number of pyridine rings is 1. The van der Waals surface area contributed by atoms with Crippen LogP contribution in [0.1, 0.15) is 12.5 Å². The molecule has 4 nitrogen and oxygen atoms in total. The minimum absolute atomic E-state index is 0.0577. The van der Waals surface area contributed by atoms with E-state index in [2.05, 4.69) is 47.1 Å². The molecule has 0 spiro atoms. The predicted molar refractivity (Wildman–Crippen MR) is 99.5 cm³/mol. The van der Waals surface area contributed by atoms with Crippen LogP contribution in [0.4, 0.5) is 5.69 Å². The highest BCUT2D eigenvalue weighted by Crippen LogP contribution is 2.25. The smallest absolute Gasteiger partial charge is 0.235 e. The monoisotopic (exact) mass is 341 g/mol. The predicted octanol–water partition coefficient (Wildman–Crippen LogP) is 3.22. The van der Waals surface area contributed by atoms with Crippen molar-refractivity contribution < 1.29 is 4.79 Å². The summed E-state index contributed by atoms with van der Waals surface area (Å²) in [4.78, 5) is 22.3. The van der Waals surface area contributed by atoms with Crippen molar-refractivity contribution in [1.82, 2.24) is 9.88 Å². The molecule has 1 saturated heterocycles. The number of thioether (sulfide) groups is 1. The third-order valence-electron chi connectivity index (χ3n) is 4.28. The Hall–Kier alpha value is -2.01. The quantitative estimate of drug-likeness (QED) is 0.800. The van der Waals surface area contributed by atoms with Crippen molar-refractivity contribution in [2.75, 3.05) is 31.1 Å². The fourth-order valence-electron chi connectivity index (χ4n) is 2.85. The Morgan fingerprint density at radius 1 is 1.12 bits per heavy atom. The van der Waals surface area contributed by atoms with Gasteiger partial charge in [-0.3, -0.25) is 9.78 Å². The molecule has 3 rings (SSSR count). The fourth-order valence-corrected chi connectivity index (χ4v) is 3.81. The van der Waals surface area contributed by atoms with E-state index >= 15 is 0 Å². The Morgan fingerprint density at radius 2 is 1.83 bits per heavy atom. The molecule has 1 atom stereocenters. The van der Waals surface area contributed by atoms with Gasteiger partial charge in [-0.2, -0.15) is 0 Å². The van der Waals surface area contributed by atoms with Crippen LogP contribution in [-0.2, 0) is 4.79 Å². The SMILES string of the molecule is Cc1ccc(SC(C)C(=O)N2CCN(c3cccnc3)CC2)cc1. The molecule has 5 heteroatoms. The summed E-state index contributed by atoms with van der Waals surface area (Å²) < 4.78 is 0. The van der Waals surface area contributed by atoms with Crippen molar-refractivity contribution in [3.05, 3.63) is 54.4 Å². The van der Waals surface area contributed by atoms with Crippen LogP contribution >= 0.6 is 11.8 Å². The number of anilines is 1. The first-order valence-electron chi connectivity index (χ1n) is 8.30. The second-order valence-corrected chi connectivity index (χ2v) is 7.51. The normalized spacial score (nSPS) is 16.1. The second kappa shape index (κ2) is 7.71. The number of nitrogens with zero attached hydrogens (tertiary/aromatic N) is 3. The molecule has 1 fully saturated rings. The number of hydrogen-bond donors (Lipinski definition) is 0. The molecule has 24 heavy (non-hydrogen) atoms. The van der Waals surface area contributed by atoms with Gasteiger partial charge in [0.15, 0.2) is 0 Å². The molecule has 1 aromatic carbocycles. The van der Waals surface area contributed by atoms with E-state index in [-0.39, 0.29) is 11.2 Å². The van der Waals surface area contributed by atoms with Gasteiger partial charge in [0.05, 0.1) is 17.1 Å². The topological polar surface area (TPSA) is 36.4 Å². The van der Waals surface area contributed by atoms with E-state index in [1.165, 1.54) is 5.56 Å². The van der Waals surface area contributed by atoms with Gasteiger partial charge in [0, 0.05) is 37.3 Å². The minimum atomic E-state index is -0.0577. The van der Waals surface area contributed by atoms with Gasteiger partial charge in [0.1, 0.15) is 0 Å². The fraction of sp³-hybridized carbons (Fsp3) is 0.368. The molecule has 1 aliphatic rings. The van der Waals surface area contributed by atoms with Crippen molar-refractivity contribution in [2.45, 2.75) is 24.0 Å². The van der Waals surface area contributed by atoms with Gasteiger partial charge < -0.3 is 9.80 Å². The van der Waals surface area contributed by atoms with Crippen molar-refractivity contribution in [3.8, 4) is 0 Å². The minimum Gasteiger partial charge on any atom is -0.367 e. The Morgan fingerprint density at radius 3 is 2.46 bits per heavy atom. The molecule has 2 aromatic rings. The summed E-state index contributed by atoms with van der Waals surface area (Å²) in [5, 5.41) is -0.0577. The van der Waals surface area contributed by atoms with Crippen molar-refractivity contribution in [2.24, 2.45) is 0 Å². The van der Waals surface area contributed by atoms with E-state index in [1.54, 1.807) is 18.0 Å². The Bertz CT molecular complexity index is 667. The van der Waals surface area contributed by atoms with Gasteiger partial charge >= 0.3 is 0 Å². The third-order valence-corrected chi connectivity index (χ3v) is 5.38. The molecular formula is C19H23N3OS. The average molecular weight is 341 g/mol. The zero-order valence-electron chi connectivity index (χ0n) is 14.2. The van der Waals surface area contributed by atoms with E-state index < -0.39 is 0 Å². The summed E-state index contributed by atoms with van der Waals surface area (Å²) in [6.07, 6.45) is 3.67. The molecule has 1 unspecified atom stereocenters. The van der Waals surface area contributed by atoms with Crippen LogP contribution < -0.4 is 4.90 Å². The molecule has 0 saturated carbocycles. The number of carbonyl (C=O) groups excluding carboxylic acids is 1. The largest absolute Gasteiger partial charge is 0.367 e. The first kappa shape index (κ1) is 16.8. The number of amides is 1. The number of piperazine rings is 1. The molecule has 2 heterocycles. The number of hydrogen-bond acceptors (Lipinski definition) is 4. The molecule has 0 bridgehead atoms. The first-order valence-corrected chi connectivity index (χ1v) is 9.18. The number of aromatic nitrogens is 1. The van der Waals surface area contributed by atoms with Crippen molar-refractivity contribution in [1.29, 1.82) is 0 Å². The summed E-state index contributed by atoms with van der Waals surface area (Å²) in [5.41, 5.74) is 2.37. The highest BCUT2D eigenvalue weighted by molar-refractivity contribution is 8.00. The zero-order chi connectivity index (χ0) is 16.9. The number of carbonyl (C=O) groups is 1. The van der Waals surface area contributed by atoms with Crippen LogP contribution in [-0.4, -0.2) is 47.2 Å². The van der Waals surface area contributed by atoms with Gasteiger partial charge in [-0.1, -0.05) is 17.7 Å². The Kier molecular flexibility index (Phi) is 5.41. The maximum atomic E-state index is 12.7. The van der Waals surface area contributed by atoms with E-state index in [9.17, 15) is 4.79 Å². The summed E-state index contributed by atoms with van der Waals surface area (Å²) in [5.74, 6) is 0.228. The number of rotatable bonds is 4. The standard InChI is InChI=1S/C19H23N3OS/c1-15-5-7-18(8-6-15)24-16(2)19(23)22-12-10-21(11-13-22)17-4-3-9-20-14-17/h3-9,14,16H,10-13H2,1-2H3. The van der Waals surface area contributed by atoms with Crippen LogP contribution in [0.5, 0.6) is 0 Å². The van der Waals surface area contributed by atoms with Crippen LogP contribution in [0, 0.1) is 6.92 Å². The molecule has 1 aliphatic heterocycles. The molecule has 0 radical (unpaired) electrons. The van der Waals surface area contributed by atoms with Crippen LogP contribution in [0.15, 0.2) is 53.7 Å². The van der Waals surface area contributed by atoms with Crippen LogP contribution in [0.25, 0.3) is 0 Å². The van der Waals surface area contributed by atoms with Crippen LogP contribution in [0.2, 0.25) is 0 Å². The van der Waals surface area contributed by atoms with Gasteiger partial charge in [-0.15, -0.1) is 11.8 Å². The molecule has 1 aromatic heterocycles. The number of benzene rings is 1. The van der Waals surface area contributed by atoms with Gasteiger partial charge in [-0.25, -0.2) is 0 Å². The summed E-state index contributed by atoms with van der Waals surface area (Å²) >= 11 is 1.64. The summed E-state index contributed by atoms with van der Waals surface area (Å²) in [6, 6.07) is 12.4. The van der Waals surface area contributed by atoms with Crippen LogP contribution in [0.3, 0.4) is 0 Å². The highest BCUT2D eigenvalue weighted by Gasteiger charge is 2.25. The third kappa shape index (κ3) is 4.09. The number of aryl methyl sites for hydroxylation is 1. The van der Waals surface area contributed by atoms with Gasteiger partial charge in [0.2, 0.25) is 5.91 Å². The lowest BCUT2D eigenvalue weighted by molar-refractivity contribution is -0.130. The van der Waals surface area contributed by atoms with Gasteiger partial charge in [-0.05, 0) is 38.1 Å². The molecule has 1 amide bonds. The molecule has 0 aliphatic carbocycles. The Balaban J connectivity index is 1.53.